The molecule has 0 unspecified atom stereocenters. The minimum absolute atomic E-state index is 0.0768. The molecule has 9 heteroatoms. The molecule has 40 heavy (non-hydrogen) atoms. The number of anilines is 2. The Labute approximate surface area is 227 Å². The van der Waals surface area contributed by atoms with Crippen molar-refractivity contribution in [2.24, 2.45) is 0 Å². The highest BCUT2D eigenvalue weighted by Gasteiger charge is 2.19. The van der Waals surface area contributed by atoms with Crippen molar-refractivity contribution in [3.63, 3.8) is 0 Å². The van der Waals surface area contributed by atoms with Gasteiger partial charge in [-0.05, 0) is 48.0 Å². The Morgan fingerprint density at radius 3 is 2.58 bits per heavy atom. The molecular formula is C31H21F2N7. The van der Waals surface area contributed by atoms with Gasteiger partial charge in [-0.1, -0.05) is 42.5 Å². The third-order valence-electron chi connectivity index (χ3n) is 6.62. The van der Waals surface area contributed by atoms with Crippen molar-refractivity contribution in [3.05, 3.63) is 126 Å². The van der Waals surface area contributed by atoms with E-state index in [0.717, 1.165) is 45.5 Å². The van der Waals surface area contributed by atoms with E-state index in [-0.39, 0.29) is 11.6 Å². The molecule has 0 fully saturated rings. The largest absolute Gasteiger partial charge is 0.342 e. The molecule has 0 aliphatic heterocycles. The Hall–Kier alpha value is -5.44. The summed E-state index contributed by atoms with van der Waals surface area (Å²) in [7, 11) is 0. The normalized spacial score (nSPS) is 11.3. The van der Waals surface area contributed by atoms with Crippen molar-refractivity contribution in [1.82, 2.24) is 29.3 Å². The lowest BCUT2D eigenvalue weighted by molar-refractivity contribution is 0.586. The zero-order valence-electron chi connectivity index (χ0n) is 21.0. The fourth-order valence-electron chi connectivity index (χ4n) is 4.79. The van der Waals surface area contributed by atoms with E-state index in [2.05, 4.69) is 32.4 Å². The maximum absolute atomic E-state index is 14.3. The van der Waals surface area contributed by atoms with Gasteiger partial charge < -0.3 is 10.3 Å². The van der Waals surface area contributed by atoms with Gasteiger partial charge in [0.05, 0.1) is 33.8 Å². The molecule has 0 amide bonds. The lowest BCUT2D eigenvalue weighted by Gasteiger charge is -2.09. The summed E-state index contributed by atoms with van der Waals surface area (Å²) in [6.07, 6.45) is 4.21. The average Bonchev–Trinajstić information content (AvgIpc) is 3.56. The number of nitrogens with one attached hydrogen (secondary N) is 2. The first-order chi connectivity index (χ1) is 19.6. The summed E-state index contributed by atoms with van der Waals surface area (Å²) in [5.74, 6) is -0.332. The highest BCUT2D eigenvalue weighted by Crippen LogP contribution is 2.33. The van der Waals surface area contributed by atoms with E-state index in [1.807, 2.05) is 65.2 Å². The van der Waals surface area contributed by atoms with Gasteiger partial charge in [0, 0.05) is 30.4 Å². The summed E-state index contributed by atoms with van der Waals surface area (Å²) in [6, 6.07) is 27.1. The first-order valence-corrected chi connectivity index (χ1v) is 12.7. The number of H-pyrrole nitrogens is 1. The van der Waals surface area contributed by atoms with E-state index < -0.39 is 11.6 Å². The van der Waals surface area contributed by atoms with Crippen molar-refractivity contribution < 1.29 is 8.78 Å². The molecule has 3 aromatic carbocycles. The number of nitrogens with zero attached hydrogens (tertiary/aromatic N) is 5. The Balaban J connectivity index is 1.30. The number of halogens is 2. The number of rotatable bonds is 6. The summed E-state index contributed by atoms with van der Waals surface area (Å²) in [6.45, 7) is 0. The predicted octanol–water partition coefficient (Wildman–Crippen LogP) is 6.95. The van der Waals surface area contributed by atoms with E-state index in [4.69, 9.17) is 9.97 Å². The maximum Gasteiger partial charge on any atom is 0.227 e. The topological polar surface area (TPSA) is 83.8 Å². The van der Waals surface area contributed by atoms with Gasteiger partial charge in [0.2, 0.25) is 5.95 Å². The van der Waals surface area contributed by atoms with Crippen molar-refractivity contribution in [2.45, 2.75) is 6.42 Å². The molecule has 0 atom stereocenters. The number of aromatic nitrogens is 6. The van der Waals surface area contributed by atoms with Crippen LogP contribution in [0.4, 0.5) is 20.4 Å². The number of aromatic amines is 1. The van der Waals surface area contributed by atoms with Crippen molar-refractivity contribution in [1.29, 1.82) is 0 Å². The van der Waals surface area contributed by atoms with Crippen LogP contribution in [0.5, 0.6) is 0 Å². The zero-order chi connectivity index (χ0) is 27.1. The third kappa shape index (κ3) is 4.43. The van der Waals surface area contributed by atoms with Crippen molar-refractivity contribution in [3.8, 4) is 22.6 Å². The van der Waals surface area contributed by atoms with Crippen molar-refractivity contribution in [2.75, 3.05) is 5.32 Å². The number of pyridine rings is 1. The monoisotopic (exact) mass is 529 g/mol. The smallest absolute Gasteiger partial charge is 0.227 e. The zero-order valence-corrected chi connectivity index (χ0v) is 21.0. The molecule has 194 valence electrons. The highest BCUT2D eigenvalue weighted by atomic mass is 19.1. The van der Waals surface area contributed by atoms with Gasteiger partial charge in [0.1, 0.15) is 23.1 Å². The quantitative estimate of drug-likeness (QED) is 0.244. The molecule has 0 saturated heterocycles. The predicted molar refractivity (Wildman–Crippen MR) is 150 cm³/mol. The van der Waals surface area contributed by atoms with Gasteiger partial charge in [-0.15, -0.1) is 0 Å². The molecule has 0 aliphatic carbocycles. The molecule has 7 aromatic rings. The molecule has 0 radical (unpaired) electrons. The Morgan fingerprint density at radius 2 is 1.70 bits per heavy atom. The second kappa shape index (κ2) is 9.70. The maximum atomic E-state index is 14.3. The molecule has 0 spiro atoms. The van der Waals surface area contributed by atoms with Crippen LogP contribution in [0, 0.1) is 11.6 Å². The number of imidazole rings is 2. The molecule has 2 N–H and O–H groups in total. The molecule has 0 saturated carbocycles. The molecule has 0 aliphatic rings. The van der Waals surface area contributed by atoms with Gasteiger partial charge in [0.25, 0.3) is 0 Å². The van der Waals surface area contributed by atoms with Crippen LogP contribution in [-0.4, -0.2) is 29.3 Å². The third-order valence-corrected chi connectivity index (χ3v) is 6.62. The van der Waals surface area contributed by atoms with Crippen LogP contribution in [0.1, 0.15) is 11.4 Å². The Bertz CT molecular complexity index is 2000. The number of hydrogen-bond acceptors (Lipinski definition) is 5. The summed E-state index contributed by atoms with van der Waals surface area (Å²) in [5, 5.41) is 2.85. The molecule has 7 rings (SSSR count). The van der Waals surface area contributed by atoms with Crippen LogP contribution in [0.3, 0.4) is 0 Å². The van der Waals surface area contributed by atoms with Crippen LogP contribution < -0.4 is 5.32 Å². The van der Waals surface area contributed by atoms with Gasteiger partial charge in [0.15, 0.2) is 0 Å². The minimum atomic E-state index is -0.732. The molecule has 4 heterocycles. The summed E-state index contributed by atoms with van der Waals surface area (Å²) in [4.78, 5) is 22.0. The van der Waals surface area contributed by atoms with E-state index in [0.29, 0.717) is 12.1 Å². The van der Waals surface area contributed by atoms with Gasteiger partial charge in [-0.25, -0.2) is 28.7 Å². The summed E-state index contributed by atoms with van der Waals surface area (Å²) in [5.41, 5.74) is 6.74. The van der Waals surface area contributed by atoms with Crippen LogP contribution in [0.25, 0.3) is 39.3 Å². The van der Waals surface area contributed by atoms with Crippen LogP contribution in [0.15, 0.2) is 103 Å². The summed E-state index contributed by atoms with van der Waals surface area (Å²) < 4.78 is 29.6. The average molecular weight is 530 g/mol. The van der Waals surface area contributed by atoms with Gasteiger partial charge >= 0.3 is 0 Å². The van der Waals surface area contributed by atoms with Gasteiger partial charge in [-0.2, -0.15) is 0 Å². The lowest BCUT2D eigenvalue weighted by Crippen LogP contribution is -2.01. The standard InChI is InChI=1S/C31H21F2N7/c32-21-10-12-23(22(33)18-21)37-31-34-14-13-25(38-31)30-29(39-28-8-4-5-15-40(28)30)20-9-11-24-26(17-20)36-27(35-24)16-19-6-2-1-3-7-19/h1-15,17-18H,16H2,(H,35,36)(H,34,37,38). The van der Waals surface area contributed by atoms with Crippen LogP contribution >= 0.6 is 0 Å². The number of benzene rings is 3. The molecular weight excluding hydrogens is 508 g/mol. The summed E-state index contributed by atoms with van der Waals surface area (Å²) >= 11 is 0. The molecule has 7 nitrogen and oxygen atoms in total. The number of hydrogen-bond donors (Lipinski definition) is 2. The lowest BCUT2D eigenvalue weighted by atomic mass is 10.1. The van der Waals surface area contributed by atoms with Crippen LogP contribution in [0.2, 0.25) is 0 Å². The van der Waals surface area contributed by atoms with Crippen molar-refractivity contribution >= 4 is 28.3 Å². The minimum Gasteiger partial charge on any atom is -0.342 e. The van der Waals surface area contributed by atoms with E-state index in [1.54, 1.807) is 12.3 Å². The second-order valence-corrected chi connectivity index (χ2v) is 9.33. The SMILES string of the molecule is Fc1ccc(Nc2nccc(-c3c(-c4ccc5nc(Cc6ccccc6)[nH]c5c4)nc4ccccn34)n2)c(F)c1. The van der Waals surface area contributed by atoms with Gasteiger partial charge in [-0.3, -0.25) is 4.40 Å². The van der Waals surface area contributed by atoms with E-state index >= 15 is 0 Å². The Kier molecular flexibility index (Phi) is 5.74. The second-order valence-electron chi connectivity index (χ2n) is 9.33. The molecule has 0 bridgehead atoms. The fourth-order valence-corrected chi connectivity index (χ4v) is 4.79. The first-order valence-electron chi connectivity index (χ1n) is 12.7. The van der Waals surface area contributed by atoms with E-state index in [1.165, 1.54) is 17.7 Å². The first kappa shape index (κ1) is 23.7. The fraction of sp³-hybridized carbons (Fsp3) is 0.0323. The van der Waals surface area contributed by atoms with E-state index in [9.17, 15) is 8.78 Å². The Morgan fingerprint density at radius 1 is 0.825 bits per heavy atom. The molecule has 4 aromatic heterocycles. The number of fused-ring (bicyclic) bond motifs is 2. The highest BCUT2D eigenvalue weighted by molar-refractivity contribution is 5.87. The van der Waals surface area contributed by atoms with Crippen LogP contribution in [-0.2, 0) is 6.42 Å².